The van der Waals surface area contributed by atoms with Gasteiger partial charge in [0.2, 0.25) is 22.2 Å². The summed E-state index contributed by atoms with van der Waals surface area (Å²) in [5.41, 5.74) is 5.20. The lowest BCUT2D eigenvalue weighted by molar-refractivity contribution is -0.141. The van der Waals surface area contributed by atoms with Crippen LogP contribution in [0.25, 0.3) is 0 Å². The number of amides is 1. The van der Waals surface area contributed by atoms with E-state index in [2.05, 4.69) is 10.1 Å². The molecule has 0 bridgehead atoms. The summed E-state index contributed by atoms with van der Waals surface area (Å²) in [5, 5.41) is 3.00. The highest BCUT2D eigenvalue weighted by molar-refractivity contribution is 6.10. The van der Waals surface area contributed by atoms with Crippen molar-refractivity contribution < 1.29 is 18.3 Å². The molecule has 0 aliphatic carbocycles. The van der Waals surface area contributed by atoms with Gasteiger partial charge in [0.05, 0.1) is 6.61 Å². The predicted molar refractivity (Wildman–Crippen MR) is 41.5 cm³/mol. The summed E-state index contributed by atoms with van der Waals surface area (Å²) in [7, 11) is 0. The number of alkyl halides is 2. The lowest BCUT2D eigenvalue weighted by Gasteiger charge is -2.10. The topological polar surface area (TPSA) is 64.3 Å². The number of carbonyl (C=O) groups is 1. The van der Waals surface area contributed by atoms with Gasteiger partial charge in [-0.05, 0) is 5.41 Å². The van der Waals surface area contributed by atoms with Crippen molar-refractivity contribution in [3.8, 4) is 0 Å². The van der Waals surface area contributed by atoms with Crippen LogP contribution in [0.15, 0.2) is 0 Å². The fraction of sp³-hybridized carbons (Fsp3) is 0.800. The molecule has 0 heterocycles. The van der Waals surface area contributed by atoms with E-state index in [1.54, 1.807) is 0 Å². The van der Waals surface area contributed by atoms with E-state index in [4.69, 9.17) is 5.73 Å². The van der Waals surface area contributed by atoms with Gasteiger partial charge >= 0.3 is 6.61 Å². The molecule has 1 unspecified atom stereocenters. The average Bonchev–Trinajstić information content (AvgIpc) is 2.00. The Morgan fingerprint density at radius 2 is 2.25 bits per heavy atom. The summed E-state index contributed by atoms with van der Waals surface area (Å²) < 4.78 is 26.7. The second kappa shape index (κ2) is 6.32. The Kier molecular flexibility index (Phi) is 6.20. The van der Waals surface area contributed by atoms with Gasteiger partial charge in [0.1, 0.15) is 6.04 Å². The van der Waals surface area contributed by atoms with Gasteiger partial charge in [0, 0.05) is 0 Å². The molecule has 1 atom stereocenters. The predicted octanol–water partition coefficient (Wildman–Crippen LogP) is -1.74. The third-order valence-electron chi connectivity index (χ3n) is 1.09. The number of hydrogen-bond donors (Lipinski definition) is 2. The van der Waals surface area contributed by atoms with Gasteiger partial charge in [-0.2, -0.15) is 8.78 Å². The highest BCUT2D eigenvalue weighted by Gasteiger charge is 2.14. The van der Waals surface area contributed by atoms with Crippen LogP contribution in [0.4, 0.5) is 8.78 Å². The van der Waals surface area contributed by atoms with Crippen molar-refractivity contribution in [3.05, 3.63) is 0 Å². The Bertz CT molecular complexity index is 147. The highest BCUT2D eigenvalue weighted by atomic mass is 27.0. The lowest BCUT2D eigenvalue weighted by Crippen LogP contribution is -2.44. The fourth-order valence-electron chi connectivity index (χ4n) is 0.557. The van der Waals surface area contributed by atoms with Crippen molar-refractivity contribution in [3.63, 3.8) is 0 Å². The minimum atomic E-state index is -2.88. The third-order valence-corrected chi connectivity index (χ3v) is 1.44. The first-order chi connectivity index (χ1) is 5.57. The Labute approximate surface area is 76.9 Å². The van der Waals surface area contributed by atoms with E-state index < -0.39 is 25.2 Å². The van der Waals surface area contributed by atoms with E-state index in [-0.39, 0.29) is 0 Å². The van der Waals surface area contributed by atoms with Gasteiger partial charge < -0.3 is 15.8 Å². The second-order valence-corrected chi connectivity index (χ2v) is 2.80. The number of hydrogen-bond acceptors (Lipinski definition) is 3. The molecule has 0 rings (SSSR count). The summed E-state index contributed by atoms with van der Waals surface area (Å²) >= 11 is 0.807. The van der Waals surface area contributed by atoms with Gasteiger partial charge in [-0.25, -0.2) is 0 Å². The molecule has 0 spiro atoms. The number of rotatable bonds is 5. The SMILES string of the molecule is NC(COC(F)F)C(=O)N[CH2][AlH2]. The van der Waals surface area contributed by atoms with E-state index in [1.807, 2.05) is 0 Å². The van der Waals surface area contributed by atoms with E-state index in [0.29, 0.717) is 5.41 Å². The number of nitrogens with two attached hydrogens (primary N) is 1. The van der Waals surface area contributed by atoms with Gasteiger partial charge in [-0.1, -0.05) is 0 Å². The van der Waals surface area contributed by atoms with Crippen LogP contribution >= 0.6 is 0 Å². The van der Waals surface area contributed by atoms with Gasteiger partial charge in [0.15, 0.2) is 0 Å². The lowest BCUT2D eigenvalue weighted by atomic mass is 10.3. The van der Waals surface area contributed by atoms with E-state index >= 15 is 0 Å². The zero-order chi connectivity index (χ0) is 9.56. The van der Waals surface area contributed by atoms with Crippen molar-refractivity contribution >= 4 is 22.2 Å². The second-order valence-electron chi connectivity index (χ2n) is 2.10. The van der Waals surface area contributed by atoms with Gasteiger partial charge in [0.25, 0.3) is 0 Å². The third kappa shape index (κ3) is 5.44. The summed E-state index contributed by atoms with van der Waals surface area (Å²) in [6, 6.07) is -1.01. The van der Waals surface area contributed by atoms with Crippen LogP contribution in [0, 0.1) is 0 Å². The minimum Gasteiger partial charge on any atom is -0.369 e. The number of halogens is 2. The molecule has 0 saturated heterocycles. The number of carbonyl (C=O) groups excluding carboxylic acids is 1. The van der Waals surface area contributed by atoms with Crippen LogP contribution in [0.2, 0.25) is 0 Å². The highest BCUT2D eigenvalue weighted by Crippen LogP contribution is 1.94. The quantitative estimate of drug-likeness (QED) is 0.513. The Hall–Kier alpha value is -0.218. The average molecular weight is 196 g/mol. The molecule has 0 aromatic rings. The summed E-state index contributed by atoms with van der Waals surface area (Å²) in [6.07, 6.45) is 0. The normalized spacial score (nSPS) is 13.0. The molecule has 0 radical (unpaired) electrons. The monoisotopic (exact) mass is 196 g/mol. The molecule has 12 heavy (non-hydrogen) atoms. The van der Waals surface area contributed by atoms with Crippen molar-refractivity contribution in [1.82, 2.24) is 5.32 Å². The minimum absolute atomic E-state index is 0.453. The fourth-order valence-corrected chi connectivity index (χ4v) is 0.906. The van der Waals surface area contributed by atoms with E-state index in [1.165, 1.54) is 0 Å². The molecule has 1 amide bonds. The molecule has 4 nitrogen and oxygen atoms in total. The molecule has 0 aromatic carbocycles. The smallest absolute Gasteiger partial charge is 0.345 e. The number of ether oxygens (including phenoxy) is 1. The molecule has 0 aliphatic rings. The molecule has 0 aromatic heterocycles. The molecule has 70 valence electrons. The van der Waals surface area contributed by atoms with Crippen molar-refractivity contribution in [2.24, 2.45) is 5.73 Å². The maximum Gasteiger partial charge on any atom is 0.345 e. The van der Waals surface area contributed by atoms with Crippen molar-refractivity contribution in [2.45, 2.75) is 12.7 Å². The summed E-state index contributed by atoms with van der Waals surface area (Å²) in [4.78, 5) is 10.8. The molecule has 0 saturated carbocycles. The standard InChI is InChI=1S/C5H9F2N2O2.Al.2H/c1-9-4(10)3(8)2-11-5(6)7;;;/h3,5H,1-2,8H2,(H,9,10);;;. The van der Waals surface area contributed by atoms with Crippen LogP contribution in [0.5, 0.6) is 0 Å². The molecular formula is C5H11AlF2N2O2. The zero-order valence-electron chi connectivity index (χ0n) is 6.72. The van der Waals surface area contributed by atoms with Crippen LogP contribution in [-0.4, -0.2) is 46.9 Å². The van der Waals surface area contributed by atoms with Crippen LogP contribution in [0.1, 0.15) is 0 Å². The Morgan fingerprint density at radius 1 is 1.67 bits per heavy atom. The van der Waals surface area contributed by atoms with Crippen LogP contribution in [-0.2, 0) is 9.53 Å². The molecule has 7 heteroatoms. The van der Waals surface area contributed by atoms with Crippen LogP contribution in [0.3, 0.4) is 0 Å². The largest absolute Gasteiger partial charge is 0.369 e. The first kappa shape index (κ1) is 11.8. The first-order valence-electron chi connectivity index (χ1n) is 3.51. The van der Waals surface area contributed by atoms with Crippen LogP contribution < -0.4 is 11.1 Å². The Balaban J connectivity index is 3.56. The molecular weight excluding hydrogens is 185 g/mol. The zero-order valence-corrected chi connectivity index (χ0v) is 8.72. The van der Waals surface area contributed by atoms with Gasteiger partial charge in [-0.3, -0.25) is 4.79 Å². The summed E-state index contributed by atoms with van der Waals surface area (Å²) in [5.74, 6) is -0.453. The first-order valence-corrected chi connectivity index (χ1v) is 4.92. The summed E-state index contributed by atoms with van der Waals surface area (Å²) in [6.45, 7) is -3.33. The molecule has 0 aliphatic heterocycles. The maximum absolute atomic E-state index is 11.4. The molecule has 3 N–H and O–H groups in total. The van der Waals surface area contributed by atoms with E-state index in [9.17, 15) is 13.6 Å². The van der Waals surface area contributed by atoms with Crippen molar-refractivity contribution in [2.75, 3.05) is 12.0 Å². The molecule has 0 fully saturated rings. The Morgan fingerprint density at radius 3 is 2.67 bits per heavy atom. The van der Waals surface area contributed by atoms with Gasteiger partial charge in [-0.15, -0.1) is 0 Å². The van der Waals surface area contributed by atoms with Crippen molar-refractivity contribution in [1.29, 1.82) is 0 Å². The number of nitrogens with one attached hydrogen (secondary N) is 1. The maximum atomic E-state index is 11.4. The van der Waals surface area contributed by atoms with E-state index in [0.717, 1.165) is 16.3 Å².